The summed E-state index contributed by atoms with van der Waals surface area (Å²) in [4.78, 5) is 0. The first kappa shape index (κ1) is 10.9. The first-order valence-corrected chi connectivity index (χ1v) is 4.66. The van der Waals surface area contributed by atoms with Gasteiger partial charge in [-0.25, -0.2) is 0 Å². The third-order valence-corrected chi connectivity index (χ3v) is 2.72. The maximum absolute atomic E-state index is 9.70. The van der Waals surface area contributed by atoms with Crippen molar-refractivity contribution in [3.63, 3.8) is 0 Å². The molecular formula is C9H18O4. The predicted octanol–water partition coefficient (Wildman–Crippen LogP) is 0.126. The monoisotopic (exact) mass is 190 g/mol. The van der Waals surface area contributed by atoms with Crippen molar-refractivity contribution in [3.8, 4) is 0 Å². The van der Waals surface area contributed by atoms with Gasteiger partial charge in [-0.3, -0.25) is 0 Å². The van der Waals surface area contributed by atoms with E-state index < -0.39 is 18.5 Å². The number of aliphatic hydroxyl groups is 2. The number of hydrogen-bond donors (Lipinski definition) is 2. The molecule has 4 nitrogen and oxygen atoms in total. The Hall–Kier alpha value is -0.160. The Morgan fingerprint density at radius 2 is 1.92 bits per heavy atom. The molecule has 2 unspecified atom stereocenters. The molecule has 0 bridgehead atoms. The molecule has 0 aromatic carbocycles. The SMILES string of the molecule is CC[C@@H]1C(C)O[C@@H](OC)C(O)[C@H]1O. The van der Waals surface area contributed by atoms with Gasteiger partial charge in [-0.05, 0) is 13.3 Å². The van der Waals surface area contributed by atoms with Crippen molar-refractivity contribution in [1.29, 1.82) is 0 Å². The van der Waals surface area contributed by atoms with Crippen LogP contribution in [0.1, 0.15) is 20.3 Å². The highest BCUT2D eigenvalue weighted by molar-refractivity contribution is 4.86. The normalized spacial score (nSPS) is 46.4. The fourth-order valence-electron chi connectivity index (χ4n) is 1.85. The van der Waals surface area contributed by atoms with Crippen LogP contribution in [-0.4, -0.2) is 41.9 Å². The zero-order valence-corrected chi connectivity index (χ0v) is 8.30. The van der Waals surface area contributed by atoms with E-state index in [4.69, 9.17) is 9.47 Å². The lowest BCUT2D eigenvalue weighted by molar-refractivity contribution is -0.274. The van der Waals surface area contributed by atoms with Crippen LogP contribution in [0.3, 0.4) is 0 Å². The summed E-state index contributed by atoms with van der Waals surface area (Å²) in [5.74, 6) is -0.0126. The highest BCUT2D eigenvalue weighted by Crippen LogP contribution is 2.28. The van der Waals surface area contributed by atoms with Crippen LogP contribution in [0, 0.1) is 5.92 Å². The van der Waals surface area contributed by atoms with Crippen LogP contribution in [0.25, 0.3) is 0 Å². The molecule has 2 N–H and O–H groups in total. The summed E-state index contributed by atoms with van der Waals surface area (Å²) in [7, 11) is 1.46. The van der Waals surface area contributed by atoms with Gasteiger partial charge in [0.15, 0.2) is 6.29 Å². The Labute approximate surface area is 78.5 Å². The van der Waals surface area contributed by atoms with Crippen molar-refractivity contribution in [3.05, 3.63) is 0 Å². The molecule has 0 aromatic rings. The van der Waals surface area contributed by atoms with Gasteiger partial charge in [-0.1, -0.05) is 6.92 Å². The summed E-state index contributed by atoms with van der Waals surface area (Å²) < 4.78 is 10.3. The standard InChI is InChI=1S/C9H18O4/c1-4-6-5(2)13-9(12-3)8(11)7(6)10/h5-11H,4H2,1-3H3/t5?,6-,7+,8?,9-/m1/s1. The lowest BCUT2D eigenvalue weighted by Gasteiger charge is -2.40. The van der Waals surface area contributed by atoms with Crippen molar-refractivity contribution in [2.75, 3.05) is 7.11 Å². The maximum Gasteiger partial charge on any atom is 0.185 e. The maximum atomic E-state index is 9.70. The average Bonchev–Trinajstić information content (AvgIpc) is 2.12. The molecule has 0 aromatic heterocycles. The van der Waals surface area contributed by atoms with E-state index in [9.17, 15) is 10.2 Å². The van der Waals surface area contributed by atoms with E-state index in [-0.39, 0.29) is 12.0 Å². The molecule has 0 radical (unpaired) electrons. The molecule has 5 atom stereocenters. The van der Waals surface area contributed by atoms with Gasteiger partial charge in [0.2, 0.25) is 0 Å². The molecule has 0 saturated carbocycles. The summed E-state index contributed by atoms with van der Waals surface area (Å²) in [5.41, 5.74) is 0. The Morgan fingerprint density at radius 1 is 1.31 bits per heavy atom. The van der Waals surface area contributed by atoms with Crippen molar-refractivity contribution in [2.24, 2.45) is 5.92 Å². The predicted molar refractivity (Wildman–Crippen MR) is 47.1 cm³/mol. The van der Waals surface area contributed by atoms with Crippen LogP contribution in [0.5, 0.6) is 0 Å². The topological polar surface area (TPSA) is 58.9 Å². The lowest BCUT2D eigenvalue weighted by atomic mass is 9.88. The van der Waals surface area contributed by atoms with Crippen LogP contribution >= 0.6 is 0 Å². The summed E-state index contributed by atoms with van der Waals surface area (Å²) >= 11 is 0. The molecule has 1 heterocycles. The highest BCUT2D eigenvalue weighted by atomic mass is 16.7. The number of hydrogen-bond acceptors (Lipinski definition) is 4. The minimum atomic E-state index is -0.939. The molecule has 1 aliphatic rings. The van der Waals surface area contributed by atoms with Gasteiger partial charge >= 0.3 is 0 Å². The molecule has 1 aliphatic heterocycles. The minimum absolute atomic E-state index is 0.0126. The van der Waals surface area contributed by atoms with Gasteiger partial charge in [0.05, 0.1) is 12.2 Å². The Morgan fingerprint density at radius 3 is 2.38 bits per heavy atom. The zero-order valence-electron chi connectivity index (χ0n) is 8.30. The van der Waals surface area contributed by atoms with Gasteiger partial charge in [0.1, 0.15) is 6.10 Å². The number of rotatable bonds is 2. The first-order chi connectivity index (χ1) is 6.11. The van der Waals surface area contributed by atoms with Crippen LogP contribution in [0.15, 0.2) is 0 Å². The Balaban J connectivity index is 2.66. The molecule has 4 heteroatoms. The van der Waals surface area contributed by atoms with E-state index in [0.29, 0.717) is 0 Å². The first-order valence-electron chi connectivity index (χ1n) is 4.66. The molecule has 0 spiro atoms. The summed E-state index contributed by atoms with van der Waals surface area (Å²) in [5, 5.41) is 19.3. The average molecular weight is 190 g/mol. The number of ether oxygens (including phenoxy) is 2. The van der Waals surface area contributed by atoms with E-state index in [1.165, 1.54) is 7.11 Å². The summed E-state index contributed by atoms with van der Waals surface area (Å²) in [6.45, 7) is 3.85. The van der Waals surface area contributed by atoms with Crippen molar-refractivity contribution >= 4 is 0 Å². The van der Waals surface area contributed by atoms with Gasteiger partial charge in [0, 0.05) is 13.0 Å². The minimum Gasteiger partial charge on any atom is -0.390 e. The number of methoxy groups -OCH3 is 1. The van der Waals surface area contributed by atoms with Crippen LogP contribution in [0.4, 0.5) is 0 Å². The van der Waals surface area contributed by atoms with Gasteiger partial charge in [-0.15, -0.1) is 0 Å². The quantitative estimate of drug-likeness (QED) is 0.649. The number of aliphatic hydroxyl groups excluding tert-OH is 2. The Kier molecular flexibility index (Phi) is 3.67. The molecule has 1 rings (SSSR count). The van der Waals surface area contributed by atoms with Crippen LogP contribution < -0.4 is 0 Å². The molecule has 78 valence electrons. The summed E-state index contributed by atoms with van der Waals surface area (Å²) in [6.07, 6.45) is -1.68. The van der Waals surface area contributed by atoms with Crippen LogP contribution in [0.2, 0.25) is 0 Å². The summed E-state index contributed by atoms with van der Waals surface area (Å²) in [6, 6.07) is 0. The fraction of sp³-hybridized carbons (Fsp3) is 1.00. The highest BCUT2D eigenvalue weighted by Gasteiger charge is 2.41. The van der Waals surface area contributed by atoms with Crippen molar-refractivity contribution in [2.45, 2.75) is 44.9 Å². The molecule has 0 aliphatic carbocycles. The fourth-order valence-corrected chi connectivity index (χ4v) is 1.85. The molecule has 0 amide bonds. The van der Waals surface area contributed by atoms with E-state index in [1.54, 1.807) is 0 Å². The largest absolute Gasteiger partial charge is 0.390 e. The van der Waals surface area contributed by atoms with E-state index in [2.05, 4.69) is 0 Å². The smallest absolute Gasteiger partial charge is 0.185 e. The second-order valence-electron chi connectivity index (χ2n) is 3.50. The van der Waals surface area contributed by atoms with E-state index in [0.717, 1.165) is 6.42 Å². The molecule has 1 saturated heterocycles. The molecule has 13 heavy (non-hydrogen) atoms. The Bertz CT molecular complexity index is 162. The van der Waals surface area contributed by atoms with Gasteiger partial charge < -0.3 is 19.7 Å². The third kappa shape index (κ3) is 2.02. The molecule has 1 fully saturated rings. The van der Waals surface area contributed by atoms with Crippen LogP contribution in [-0.2, 0) is 9.47 Å². The van der Waals surface area contributed by atoms with Crippen molar-refractivity contribution in [1.82, 2.24) is 0 Å². The van der Waals surface area contributed by atoms with E-state index >= 15 is 0 Å². The third-order valence-electron chi connectivity index (χ3n) is 2.72. The molecular weight excluding hydrogens is 172 g/mol. The lowest BCUT2D eigenvalue weighted by Crippen LogP contribution is -2.53. The van der Waals surface area contributed by atoms with Crippen molar-refractivity contribution < 1.29 is 19.7 Å². The van der Waals surface area contributed by atoms with Gasteiger partial charge in [0.25, 0.3) is 0 Å². The zero-order chi connectivity index (χ0) is 10.0. The second kappa shape index (κ2) is 4.37. The second-order valence-corrected chi connectivity index (χ2v) is 3.50. The van der Waals surface area contributed by atoms with Gasteiger partial charge in [-0.2, -0.15) is 0 Å². The van der Waals surface area contributed by atoms with E-state index in [1.807, 2.05) is 13.8 Å².